The van der Waals surface area contributed by atoms with Crippen LogP contribution < -0.4 is 5.73 Å². The van der Waals surface area contributed by atoms with Crippen molar-refractivity contribution in [1.82, 2.24) is 9.78 Å². The van der Waals surface area contributed by atoms with Gasteiger partial charge in [0, 0.05) is 13.1 Å². The van der Waals surface area contributed by atoms with E-state index in [9.17, 15) is 13.2 Å². The number of aromatic nitrogens is 2. The van der Waals surface area contributed by atoms with Gasteiger partial charge in [-0.2, -0.15) is 5.10 Å². The van der Waals surface area contributed by atoms with Crippen LogP contribution in [0.3, 0.4) is 0 Å². The fraction of sp³-hybridized carbons (Fsp3) is 0.100. The van der Waals surface area contributed by atoms with Gasteiger partial charge in [-0.15, -0.1) is 0 Å². The van der Waals surface area contributed by atoms with E-state index in [4.69, 9.17) is 17.3 Å². The highest BCUT2D eigenvalue weighted by atomic mass is 35.5. The molecule has 17 heavy (non-hydrogen) atoms. The smallest absolute Gasteiger partial charge is 0.171 e. The lowest BCUT2D eigenvalue weighted by atomic mass is 10.1. The minimum absolute atomic E-state index is 0.110. The molecular weight excluding hydrogens is 255 g/mol. The summed E-state index contributed by atoms with van der Waals surface area (Å²) >= 11 is 5.44. The highest BCUT2D eigenvalue weighted by Gasteiger charge is 2.21. The van der Waals surface area contributed by atoms with Gasteiger partial charge < -0.3 is 5.73 Å². The fourth-order valence-corrected chi connectivity index (χ4v) is 1.59. The highest BCUT2D eigenvalue weighted by Crippen LogP contribution is 2.32. The van der Waals surface area contributed by atoms with Crippen LogP contribution in [-0.4, -0.2) is 9.78 Å². The number of nitrogen functional groups attached to an aromatic ring is 1. The van der Waals surface area contributed by atoms with Crippen LogP contribution >= 0.6 is 11.6 Å². The Balaban J connectivity index is 2.74. The van der Waals surface area contributed by atoms with Crippen molar-refractivity contribution in [2.75, 3.05) is 5.73 Å². The van der Waals surface area contributed by atoms with E-state index in [0.29, 0.717) is 6.07 Å². The topological polar surface area (TPSA) is 43.8 Å². The molecule has 0 saturated carbocycles. The van der Waals surface area contributed by atoms with Crippen molar-refractivity contribution in [3.05, 3.63) is 34.6 Å². The van der Waals surface area contributed by atoms with E-state index in [-0.39, 0.29) is 11.5 Å². The summed E-state index contributed by atoms with van der Waals surface area (Å²) in [6.45, 7) is 0. The van der Waals surface area contributed by atoms with Gasteiger partial charge in [0.05, 0.1) is 10.6 Å². The van der Waals surface area contributed by atoms with Crippen molar-refractivity contribution in [3.8, 4) is 11.3 Å². The van der Waals surface area contributed by atoms with Crippen molar-refractivity contribution in [2.45, 2.75) is 0 Å². The SMILES string of the molecule is Cn1nc(-c2c(F)c(F)cc(Cl)c2F)cc1N. The van der Waals surface area contributed by atoms with Crippen LogP contribution in [0.25, 0.3) is 11.3 Å². The Bertz CT molecular complexity index is 549. The number of nitrogens with two attached hydrogens (primary N) is 1. The van der Waals surface area contributed by atoms with Crippen molar-refractivity contribution in [3.63, 3.8) is 0 Å². The molecular formula is C10H7ClF3N3. The molecule has 0 bridgehead atoms. The Morgan fingerprint density at radius 2 is 1.88 bits per heavy atom. The third-order valence-electron chi connectivity index (χ3n) is 2.28. The van der Waals surface area contributed by atoms with Crippen LogP contribution in [0.2, 0.25) is 5.02 Å². The summed E-state index contributed by atoms with van der Waals surface area (Å²) in [4.78, 5) is 0. The molecule has 0 atom stereocenters. The summed E-state index contributed by atoms with van der Waals surface area (Å²) in [7, 11) is 1.50. The molecule has 2 rings (SSSR count). The van der Waals surface area contributed by atoms with Crippen LogP contribution in [0.5, 0.6) is 0 Å². The number of rotatable bonds is 1. The molecule has 0 saturated heterocycles. The van der Waals surface area contributed by atoms with E-state index in [1.807, 2.05) is 0 Å². The third kappa shape index (κ3) is 1.84. The molecule has 2 aromatic rings. The zero-order valence-corrected chi connectivity index (χ0v) is 9.39. The molecule has 2 N–H and O–H groups in total. The Hall–Kier alpha value is -1.69. The average Bonchev–Trinajstić information content (AvgIpc) is 2.57. The molecule has 0 spiro atoms. The Labute approximate surface area is 99.6 Å². The molecule has 90 valence electrons. The largest absolute Gasteiger partial charge is 0.384 e. The van der Waals surface area contributed by atoms with Gasteiger partial charge in [-0.05, 0) is 6.07 Å². The Morgan fingerprint density at radius 3 is 2.41 bits per heavy atom. The van der Waals surface area contributed by atoms with Crippen molar-refractivity contribution >= 4 is 17.4 Å². The minimum atomic E-state index is -1.34. The van der Waals surface area contributed by atoms with Gasteiger partial charge in [-0.25, -0.2) is 13.2 Å². The first kappa shape index (κ1) is 11.8. The summed E-state index contributed by atoms with van der Waals surface area (Å²) < 4.78 is 41.5. The van der Waals surface area contributed by atoms with Crippen LogP contribution in [0, 0.1) is 17.5 Å². The molecule has 0 aliphatic carbocycles. The first-order valence-corrected chi connectivity index (χ1v) is 4.92. The number of benzene rings is 1. The second-order valence-electron chi connectivity index (χ2n) is 3.42. The van der Waals surface area contributed by atoms with Gasteiger partial charge >= 0.3 is 0 Å². The molecule has 3 nitrogen and oxygen atoms in total. The van der Waals surface area contributed by atoms with E-state index in [1.54, 1.807) is 0 Å². The standard InChI is InChI=1S/C10H7ClF3N3/c1-17-7(15)3-6(16-17)8-9(13)4(11)2-5(12)10(8)14/h2-3H,15H2,1H3. The highest BCUT2D eigenvalue weighted by molar-refractivity contribution is 6.31. The van der Waals surface area contributed by atoms with E-state index in [2.05, 4.69) is 5.10 Å². The number of nitrogens with zero attached hydrogens (tertiary/aromatic N) is 2. The maximum atomic E-state index is 13.6. The summed E-state index contributed by atoms with van der Waals surface area (Å²) in [5.41, 5.74) is 4.75. The normalized spacial score (nSPS) is 10.9. The Morgan fingerprint density at radius 1 is 1.24 bits per heavy atom. The molecule has 1 aromatic heterocycles. The van der Waals surface area contributed by atoms with E-state index < -0.39 is 28.0 Å². The molecule has 0 radical (unpaired) electrons. The lowest BCUT2D eigenvalue weighted by Crippen LogP contribution is -1.98. The summed E-state index contributed by atoms with van der Waals surface area (Å²) in [5, 5.41) is 3.26. The first-order valence-electron chi connectivity index (χ1n) is 4.54. The average molecular weight is 262 g/mol. The van der Waals surface area contributed by atoms with E-state index >= 15 is 0 Å². The van der Waals surface area contributed by atoms with Gasteiger partial charge in [0.15, 0.2) is 17.5 Å². The third-order valence-corrected chi connectivity index (χ3v) is 2.56. The quantitative estimate of drug-likeness (QED) is 0.802. The van der Waals surface area contributed by atoms with Crippen LogP contribution in [0.1, 0.15) is 0 Å². The van der Waals surface area contributed by atoms with Crippen molar-refractivity contribution in [2.24, 2.45) is 7.05 Å². The van der Waals surface area contributed by atoms with Gasteiger partial charge in [-0.1, -0.05) is 11.6 Å². The molecule has 0 fully saturated rings. The predicted molar refractivity (Wildman–Crippen MR) is 57.9 cm³/mol. The molecule has 0 unspecified atom stereocenters. The van der Waals surface area contributed by atoms with Crippen molar-refractivity contribution < 1.29 is 13.2 Å². The molecule has 0 aliphatic rings. The second-order valence-corrected chi connectivity index (χ2v) is 3.83. The minimum Gasteiger partial charge on any atom is -0.384 e. The van der Waals surface area contributed by atoms with Gasteiger partial charge in [-0.3, -0.25) is 4.68 Å². The number of hydrogen-bond donors (Lipinski definition) is 1. The molecule has 0 amide bonds. The zero-order chi connectivity index (χ0) is 12.7. The molecule has 7 heteroatoms. The molecule has 1 aromatic carbocycles. The lowest BCUT2D eigenvalue weighted by molar-refractivity contribution is 0.498. The maximum absolute atomic E-state index is 13.6. The first-order chi connectivity index (χ1) is 7.91. The summed E-state index contributed by atoms with van der Waals surface area (Å²) in [6.07, 6.45) is 0. The molecule has 1 heterocycles. The fourth-order valence-electron chi connectivity index (χ4n) is 1.40. The number of halogens is 4. The predicted octanol–water partition coefficient (Wildman–Crippen LogP) is 2.74. The van der Waals surface area contributed by atoms with Crippen molar-refractivity contribution in [1.29, 1.82) is 0 Å². The van der Waals surface area contributed by atoms with Gasteiger partial charge in [0.1, 0.15) is 11.5 Å². The summed E-state index contributed by atoms with van der Waals surface area (Å²) in [6, 6.07) is 1.80. The van der Waals surface area contributed by atoms with E-state index in [1.165, 1.54) is 17.8 Å². The maximum Gasteiger partial charge on any atom is 0.171 e. The van der Waals surface area contributed by atoms with Crippen LogP contribution in [-0.2, 0) is 7.05 Å². The second kappa shape index (κ2) is 3.96. The van der Waals surface area contributed by atoms with Gasteiger partial charge in [0.25, 0.3) is 0 Å². The number of anilines is 1. The monoisotopic (exact) mass is 261 g/mol. The number of aryl methyl sites for hydroxylation is 1. The van der Waals surface area contributed by atoms with Crippen LogP contribution in [0.15, 0.2) is 12.1 Å². The van der Waals surface area contributed by atoms with E-state index in [0.717, 1.165) is 0 Å². The summed E-state index contributed by atoms with van der Waals surface area (Å²) in [5.74, 6) is -3.46. The number of hydrogen-bond acceptors (Lipinski definition) is 2. The Kier molecular flexibility index (Phi) is 2.74. The zero-order valence-electron chi connectivity index (χ0n) is 8.64. The lowest BCUT2D eigenvalue weighted by Gasteiger charge is -2.04. The molecule has 0 aliphatic heterocycles. The van der Waals surface area contributed by atoms with Crippen LogP contribution in [0.4, 0.5) is 19.0 Å². The van der Waals surface area contributed by atoms with Gasteiger partial charge in [0.2, 0.25) is 0 Å².